The third-order valence-electron chi connectivity index (χ3n) is 3.34. The molecule has 1 aromatic heterocycles. The van der Waals surface area contributed by atoms with Crippen molar-refractivity contribution >= 4 is 23.2 Å². The van der Waals surface area contributed by atoms with Crippen molar-refractivity contribution < 1.29 is 22.7 Å². The summed E-state index contributed by atoms with van der Waals surface area (Å²) in [6, 6.07) is 7.21. The lowest BCUT2D eigenvalue weighted by Gasteiger charge is -2.21. The van der Waals surface area contributed by atoms with E-state index in [2.05, 4.69) is 10.3 Å². The number of benzene rings is 1. The smallest absolute Gasteiger partial charge is 0.359 e. The number of alkyl halides is 3. The molecule has 1 N–H and O–H groups in total. The van der Waals surface area contributed by atoms with Gasteiger partial charge in [0.1, 0.15) is 12.7 Å². The van der Waals surface area contributed by atoms with Gasteiger partial charge in [-0.1, -0.05) is 17.7 Å². The molecule has 3 rings (SSSR count). The molecule has 1 aromatic carbocycles. The number of carbonyl (C=O) groups is 1. The number of hydrogen-bond donors (Lipinski definition) is 1. The number of carbonyl (C=O) groups excluding carboxylic acids is 1. The molecule has 0 saturated heterocycles. The first-order valence-electron chi connectivity index (χ1n) is 6.59. The van der Waals surface area contributed by atoms with Crippen LogP contribution in [0.1, 0.15) is 22.9 Å². The summed E-state index contributed by atoms with van der Waals surface area (Å²) in [5.41, 5.74) is -0.508. The summed E-state index contributed by atoms with van der Waals surface area (Å²) in [5, 5.41) is 2.91. The van der Waals surface area contributed by atoms with E-state index in [1.54, 1.807) is 0 Å². The lowest BCUT2D eigenvalue weighted by molar-refractivity contribution is -0.143. The van der Waals surface area contributed by atoms with E-state index in [9.17, 15) is 18.0 Å². The first-order valence-corrected chi connectivity index (χ1v) is 6.97. The average Bonchev–Trinajstić information content (AvgIpc) is 2.65. The van der Waals surface area contributed by atoms with Crippen LogP contribution in [0.3, 0.4) is 0 Å². The Morgan fingerprint density at radius 2 is 2.04 bits per heavy atom. The zero-order valence-corrected chi connectivity index (χ0v) is 12.3. The summed E-state index contributed by atoms with van der Waals surface area (Å²) in [5.74, 6) is -0.450. The molecule has 0 fully saturated rings. The first kappa shape index (κ1) is 15.8. The van der Waals surface area contributed by atoms with Crippen LogP contribution in [0.5, 0.6) is 0 Å². The molecule has 1 amide bonds. The molecule has 0 bridgehead atoms. The average molecular weight is 343 g/mol. The van der Waals surface area contributed by atoms with Crippen LogP contribution >= 0.6 is 11.6 Å². The number of pyridine rings is 1. The second-order valence-electron chi connectivity index (χ2n) is 4.91. The van der Waals surface area contributed by atoms with Crippen molar-refractivity contribution in [3.63, 3.8) is 0 Å². The zero-order chi connectivity index (χ0) is 16.6. The number of ether oxygens (including phenoxy) is 1. The minimum absolute atomic E-state index is 0.167. The molecule has 0 unspecified atom stereocenters. The largest absolute Gasteiger partial charge is 0.433 e. The highest BCUT2D eigenvalue weighted by Gasteiger charge is 2.38. The predicted molar refractivity (Wildman–Crippen MR) is 77.1 cm³/mol. The van der Waals surface area contributed by atoms with E-state index >= 15 is 0 Å². The third-order valence-corrected chi connectivity index (χ3v) is 3.58. The summed E-state index contributed by atoms with van der Waals surface area (Å²) < 4.78 is 45.0. The molecule has 2 heterocycles. The molecule has 23 heavy (non-hydrogen) atoms. The zero-order valence-electron chi connectivity index (χ0n) is 11.5. The van der Waals surface area contributed by atoms with E-state index in [4.69, 9.17) is 16.3 Å². The Morgan fingerprint density at radius 1 is 1.26 bits per heavy atom. The van der Waals surface area contributed by atoms with E-state index in [-0.39, 0.29) is 12.2 Å². The maximum Gasteiger partial charge on any atom is 0.433 e. The molecule has 120 valence electrons. The molecule has 0 aliphatic carbocycles. The van der Waals surface area contributed by atoms with Gasteiger partial charge in [0.25, 0.3) is 0 Å². The molecule has 2 aromatic rings. The summed E-state index contributed by atoms with van der Waals surface area (Å²) in [6.45, 7) is -0.372. The number of amides is 1. The Labute approximate surface area is 134 Å². The fourth-order valence-electron chi connectivity index (χ4n) is 2.42. The van der Waals surface area contributed by atoms with Crippen molar-refractivity contribution in [2.24, 2.45) is 0 Å². The second kappa shape index (κ2) is 5.82. The van der Waals surface area contributed by atoms with Crippen LogP contribution in [0, 0.1) is 0 Å². The summed E-state index contributed by atoms with van der Waals surface area (Å²) in [6.07, 6.45) is -4.68. The van der Waals surface area contributed by atoms with Crippen LogP contribution in [-0.2, 0) is 15.7 Å². The van der Waals surface area contributed by atoms with Gasteiger partial charge >= 0.3 is 6.18 Å². The van der Waals surface area contributed by atoms with Crippen LogP contribution in [0.2, 0.25) is 5.02 Å². The standard InChI is InChI=1S/C15H10ClF3N2O2/c16-8-3-4-11-10(6-8)13(23-7-12(22)21-11)9-2-1-5-20-14(9)15(17,18)19/h1-6,13H,7H2,(H,21,22)/t13-/m1/s1. The van der Waals surface area contributed by atoms with Gasteiger partial charge in [-0.25, -0.2) is 0 Å². The van der Waals surface area contributed by atoms with Gasteiger partial charge in [0.05, 0.1) is 0 Å². The van der Waals surface area contributed by atoms with Gasteiger partial charge in [-0.15, -0.1) is 0 Å². The monoisotopic (exact) mass is 342 g/mol. The molecule has 1 aliphatic rings. The minimum atomic E-state index is -4.64. The van der Waals surface area contributed by atoms with Crippen molar-refractivity contribution in [3.8, 4) is 0 Å². The molecule has 4 nitrogen and oxygen atoms in total. The van der Waals surface area contributed by atoms with Gasteiger partial charge < -0.3 is 10.1 Å². The SMILES string of the molecule is O=C1CO[C@H](c2cccnc2C(F)(F)F)c2cc(Cl)ccc2N1. The lowest BCUT2D eigenvalue weighted by Crippen LogP contribution is -2.18. The lowest BCUT2D eigenvalue weighted by atomic mass is 9.98. The van der Waals surface area contributed by atoms with Gasteiger partial charge in [0.15, 0.2) is 5.69 Å². The molecule has 1 atom stereocenters. The third kappa shape index (κ3) is 3.16. The predicted octanol–water partition coefficient (Wildman–Crippen LogP) is 3.81. The number of nitrogens with zero attached hydrogens (tertiary/aromatic N) is 1. The van der Waals surface area contributed by atoms with Crippen LogP contribution in [0.4, 0.5) is 18.9 Å². The van der Waals surface area contributed by atoms with E-state index in [1.807, 2.05) is 0 Å². The Bertz CT molecular complexity index is 765. The van der Waals surface area contributed by atoms with Crippen molar-refractivity contribution in [2.45, 2.75) is 12.3 Å². The number of rotatable bonds is 1. The Kier molecular flexibility index (Phi) is 3.99. The van der Waals surface area contributed by atoms with Crippen molar-refractivity contribution in [1.29, 1.82) is 0 Å². The molecular formula is C15H10ClF3N2O2. The Morgan fingerprint density at radius 3 is 2.78 bits per heavy atom. The highest BCUT2D eigenvalue weighted by molar-refractivity contribution is 6.30. The van der Waals surface area contributed by atoms with Gasteiger partial charge in [-0.2, -0.15) is 13.2 Å². The maximum absolute atomic E-state index is 13.2. The number of anilines is 1. The topological polar surface area (TPSA) is 51.2 Å². The Hall–Kier alpha value is -2.12. The van der Waals surface area contributed by atoms with Gasteiger partial charge in [0.2, 0.25) is 5.91 Å². The highest BCUT2D eigenvalue weighted by atomic mass is 35.5. The van der Waals surface area contributed by atoms with Gasteiger partial charge in [-0.05, 0) is 24.3 Å². The van der Waals surface area contributed by atoms with E-state index in [0.717, 1.165) is 6.20 Å². The minimum Gasteiger partial charge on any atom is -0.359 e. The number of hydrogen-bond acceptors (Lipinski definition) is 3. The summed E-state index contributed by atoms with van der Waals surface area (Å²) in [7, 11) is 0. The molecule has 0 spiro atoms. The van der Waals surface area contributed by atoms with Crippen molar-refractivity contribution in [1.82, 2.24) is 4.98 Å². The van der Waals surface area contributed by atoms with Gasteiger partial charge in [0, 0.05) is 28.0 Å². The first-order chi connectivity index (χ1) is 10.9. The fourth-order valence-corrected chi connectivity index (χ4v) is 2.60. The summed E-state index contributed by atoms with van der Waals surface area (Å²) >= 11 is 5.94. The van der Waals surface area contributed by atoms with Crippen LogP contribution in [-0.4, -0.2) is 17.5 Å². The normalized spacial score (nSPS) is 18.1. The molecule has 0 radical (unpaired) electrons. The number of nitrogens with one attached hydrogen (secondary N) is 1. The van der Waals surface area contributed by atoms with Gasteiger partial charge in [-0.3, -0.25) is 9.78 Å². The second-order valence-corrected chi connectivity index (χ2v) is 5.35. The van der Waals surface area contributed by atoms with Crippen LogP contribution in [0.25, 0.3) is 0 Å². The maximum atomic E-state index is 13.2. The molecular weight excluding hydrogens is 333 g/mol. The molecule has 1 aliphatic heterocycles. The van der Waals surface area contributed by atoms with E-state index in [0.29, 0.717) is 16.3 Å². The van der Waals surface area contributed by atoms with E-state index < -0.39 is 23.9 Å². The van der Waals surface area contributed by atoms with Crippen LogP contribution < -0.4 is 5.32 Å². The molecule has 0 saturated carbocycles. The number of fused-ring (bicyclic) bond motifs is 1. The van der Waals surface area contributed by atoms with Crippen molar-refractivity contribution in [2.75, 3.05) is 11.9 Å². The van der Waals surface area contributed by atoms with E-state index in [1.165, 1.54) is 30.3 Å². The van der Waals surface area contributed by atoms with Crippen molar-refractivity contribution in [3.05, 3.63) is 58.4 Å². The highest BCUT2D eigenvalue weighted by Crippen LogP contribution is 2.40. The fraction of sp³-hybridized carbons (Fsp3) is 0.200. The number of aromatic nitrogens is 1. The van der Waals surface area contributed by atoms with Crippen LogP contribution in [0.15, 0.2) is 36.5 Å². The quantitative estimate of drug-likeness (QED) is 0.857. The number of halogens is 4. The summed E-state index contributed by atoms with van der Waals surface area (Å²) in [4.78, 5) is 15.1. The Balaban J connectivity index is 2.18. The molecule has 8 heteroatoms.